The van der Waals surface area contributed by atoms with Gasteiger partial charge in [-0.15, -0.1) is 5.10 Å². The number of para-hydroxylation sites is 1. The Balaban J connectivity index is 1.42. The summed E-state index contributed by atoms with van der Waals surface area (Å²) < 4.78 is 1.25. The topological polar surface area (TPSA) is 600 Å². The van der Waals surface area contributed by atoms with Crippen LogP contribution in [-0.2, 0) is 103 Å². The molecule has 13 atom stereocenters. The number of urea groups is 2. The lowest BCUT2D eigenvalue weighted by atomic mass is 9.88. The number of aromatic nitrogens is 4. The van der Waals surface area contributed by atoms with Gasteiger partial charge in [-0.1, -0.05) is 76.9 Å². The Bertz CT molecular complexity index is 4330. The fourth-order valence-electron chi connectivity index (χ4n) is 15.0. The number of hydrogen-bond acceptors (Lipinski definition) is 24. The van der Waals surface area contributed by atoms with Gasteiger partial charge in [0.2, 0.25) is 41.4 Å². The predicted molar refractivity (Wildman–Crippen MR) is 437 cm³/mol. The van der Waals surface area contributed by atoms with Gasteiger partial charge in [-0.2, -0.15) is 0 Å². The zero-order valence-corrected chi connectivity index (χ0v) is 69.0. The molecule has 2 fully saturated rings. The zero-order valence-electron chi connectivity index (χ0n) is 67.4. The van der Waals surface area contributed by atoms with E-state index in [0.717, 1.165) is 46.3 Å². The maximum absolute atomic E-state index is 15.6. The minimum absolute atomic E-state index is 0.00624. The van der Waals surface area contributed by atoms with E-state index in [9.17, 15) is 73.2 Å². The van der Waals surface area contributed by atoms with Gasteiger partial charge < -0.3 is 84.7 Å². The average molecular weight is 1710 g/mol. The molecule has 18 N–H and O–H groups in total. The number of nitrogens with one attached hydrogen (secondary N) is 8. The van der Waals surface area contributed by atoms with Crippen LogP contribution in [0.2, 0.25) is 0 Å². The third-order valence-electron chi connectivity index (χ3n) is 21.7. The van der Waals surface area contributed by atoms with E-state index >= 15 is 33.6 Å². The Labute approximate surface area is 700 Å². The molecule has 11 amide bonds. The summed E-state index contributed by atoms with van der Waals surface area (Å²) in [6.07, 6.45) is -5.19. The summed E-state index contributed by atoms with van der Waals surface area (Å²) in [5, 5.41) is 69.7. The number of ketones is 7. The largest absolute Gasteiger partial charge is 0.508 e. The van der Waals surface area contributed by atoms with Crippen LogP contribution in [-0.4, -0.2) is 225 Å². The number of phenols is 1. The minimum Gasteiger partial charge on any atom is -0.508 e. The number of nitrogens with zero attached hydrogens (tertiary/aromatic N) is 4. The molecule has 5 heterocycles. The maximum Gasteiger partial charge on any atom is 0.312 e. The van der Waals surface area contributed by atoms with Crippen LogP contribution in [0, 0.1) is 35.5 Å². The van der Waals surface area contributed by atoms with Gasteiger partial charge in [0.15, 0.2) is 34.7 Å². The molecule has 0 spiro atoms. The Morgan fingerprint density at radius 3 is 1.95 bits per heavy atom. The van der Waals surface area contributed by atoms with Crippen molar-refractivity contribution >= 4 is 138 Å². The van der Waals surface area contributed by atoms with E-state index in [-0.39, 0.29) is 139 Å². The van der Waals surface area contributed by atoms with Crippen LogP contribution < -0.4 is 54.4 Å². The number of hydrogen-bond donors (Lipinski definition) is 15. The van der Waals surface area contributed by atoms with E-state index in [1.54, 1.807) is 30.5 Å². The third kappa shape index (κ3) is 31.3. The highest BCUT2D eigenvalue weighted by Gasteiger charge is 2.43. The fraction of sp³-hybridized carbons (Fsp3) is 0.580. The van der Waals surface area contributed by atoms with Crippen LogP contribution in [0.15, 0.2) is 60.9 Å². The number of phenolic OH excluding ortho intramolecular Hbond substituents is 1. The van der Waals surface area contributed by atoms with Crippen molar-refractivity contribution in [3.05, 3.63) is 77.7 Å². The molecule has 2 saturated heterocycles. The number of carboxylic acids is 2. The van der Waals surface area contributed by atoms with Crippen molar-refractivity contribution in [1.82, 2.24) is 62.1 Å². The summed E-state index contributed by atoms with van der Waals surface area (Å²) in [5.41, 5.74) is 18.2. The Morgan fingerprint density at radius 2 is 1.29 bits per heavy atom. The van der Waals surface area contributed by atoms with Crippen LogP contribution >= 0.6 is 21.6 Å². The van der Waals surface area contributed by atoms with E-state index in [1.807, 2.05) is 6.92 Å². The smallest absolute Gasteiger partial charge is 0.312 e. The lowest BCUT2D eigenvalue weighted by Crippen LogP contribution is -2.52. The second-order valence-electron chi connectivity index (χ2n) is 31.0. The van der Waals surface area contributed by atoms with Crippen molar-refractivity contribution in [1.29, 1.82) is 0 Å². The molecular formula is C81H111N15O22S2. The highest BCUT2D eigenvalue weighted by molar-refractivity contribution is 8.76. The number of unbranched alkanes of at least 4 members (excludes halogenated alkanes) is 2. The molecule has 3 aliphatic heterocycles. The number of aliphatic carboxylic acids is 2. The number of aliphatic hydroxyl groups is 1. The van der Waals surface area contributed by atoms with Gasteiger partial charge in [0.1, 0.15) is 17.6 Å². The highest BCUT2D eigenvalue weighted by Crippen LogP contribution is 2.32. The number of H-pyrrole nitrogens is 1. The van der Waals surface area contributed by atoms with Crippen molar-refractivity contribution in [3.63, 3.8) is 0 Å². The summed E-state index contributed by atoms with van der Waals surface area (Å²) in [6.45, 7) is 2.40. The molecule has 654 valence electrons. The molecule has 4 aromatic rings. The number of rotatable bonds is 30. The number of primary amides is 3. The standard InChI is InChI=1S/C81H111N15O22S2/c1-3-4-5-13-55(98)23-26-71(107)88-61-43-119-120-44-62-67(103)34-47(11-8-28-85-80(83)117)74(110)90-60(33-53-41-87-58-15-7-6-14-57(53)58)65(101)35-49(19-25-70(82)106)76(112)89-59(64(100)39-52(79(115)116)32-46-17-21-56(99)22-18-46)24-20-54-42-95(94-93-54)31-27-50(36-66(61)102)77(113)92-73(45(2)97)69(105)38-51(40-72(108)109)78(114)96-30-10-16-63(96)68(104)37-48(75(111)91-62)12-9-29-86-81(84)118/h6-7,14-15,17-18,21-22,41-42,45,47-52,59-63,73,87,97,99H,3-5,8-13,16,19-20,23-40,43-44H2,1-2H3,(H2,82,106)(H,88,107)(H,89,112)(H,90,110)(H,91,111)(H,92,113)(H,108,109)(H,115,116)(H3,83,85,117)(H3,84,86,118)/t45-,47-,48-,49-,50-,51+,52-,59+,60+,61+,62+,63+,73+/m1/s1. The predicted octanol–water partition coefficient (Wildman–Crippen LogP) is 2.58. The molecule has 0 aliphatic carbocycles. The van der Waals surface area contributed by atoms with Crippen molar-refractivity contribution < 1.29 is 107 Å². The number of aromatic amines is 1. The highest BCUT2D eigenvalue weighted by atomic mass is 33.1. The number of Topliss-reactive ketones (excluding diaryl/α,β-unsaturated/α-hetero) is 7. The monoisotopic (exact) mass is 1710 g/mol. The van der Waals surface area contributed by atoms with Crippen LogP contribution in [0.4, 0.5) is 9.59 Å². The fourth-order valence-corrected chi connectivity index (χ4v) is 17.4. The normalized spacial score (nSPS) is 23.4. The molecule has 7 rings (SSSR count). The number of nitrogens with two attached hydrogens (primary N) is 3. The van der Waals surface area contributed by atoms with Crippen molar-refractivity contribution in [2.45, 2.75) is 230 Å². The second-order valence-corrected chi connectivity index (χ2v) is 33.6. The Kier molecular flexibility index (Phi) is 38.7. The molecular weight excluding hydrogens is 1600 g/mol. The van der Waals surface area contributed by atoms with Gasteiger partial charge in [0.05, 0.1) is 60.3 Å². The van der Waals surface area contributed by atoms with E-state index in [4.69, 9.17) is 17.2 Å². The molecule has 120 heavy (non-hydrogen) atoms. The molecule has 4 bridgehead atoms. The molecule has 2 aromatic carbocycles. The molecule has 2 aromatic heterocycles. The molecule has 0 saturated carbocycles. The number of benzene rings is 2. The molecule has 0 unspecified atom stereocenters. The number of carboxylic acid groups (broad SMARTS) is 2. The third-order valence-corrected chi connectivity index (χ3v) is 24.1. The first-order valence-electron chi connectivity index (χ1n) is 40.6. The first-order valence-corrected chi connectivity index (χ1v) is 43.1. The van der Waals surface area contributed by atoms with E-state index in [1.165, 1.54) is 35.1 Å². The van der Waals surface area contributed by atoms with Crippen molar-refractivity contribution in [2.24, 2.45) is 52.7 Å². The number of amides is 11. The number of carbonyl (C=O) groups excluding carboxylic acids is 16. The quantitative estimate of drug-likeness (QED) is 0.0263. The number of carbonyl (C=O) groups is 18. The molecule has 0 radical (unpaired) electrons. The number of fused-ring (bicyclic) bond motifs is 12. The second kappa shape index (κ2) is 48.3. The van der Waals surface area contributed by atoms with Gasteiger partial charge in [0.25, 0.3) is 0 Å². The first kappa shape index (κ1) is 96.2. The van der Waals surface area contributed by atoms with Crippen LogP contribution in [0.3, 0.4) is 0 Å². The van der Waals surface area contributed by atoms with Gasteiger partial charge in [-0.3, -0.25) is 81.4 Å². The molecule has 37 nitrogen and oxygen atoms in total. The summed E-state index contributed by atoms with van der Waals surface area (Å²) >= 11 is 0. The number of aliphatic hydroxyl groups excluding tert-OH is 1. The average Bonchev–Trinajstić information content (AvgIpc) is 1.51. The van der Waals surface area contributed by atoms with Crippen LogP contribution in [0.1, 0.15) is 178 Å². The van der Waals surface area contributed by atoms with Crippen LogP contribution in [0.25, 0.3) is 10.9 Å². The van der Waals surface area contributed by atoms with E-state index in [2.05, 4.69) is 52.5 Å². The lowest BCUT2D eigenvalue weighted by Gasteiger charge is -2.30. The summed E-state index contributed by atoms with van der Waals surface area (Å²) in [4.78, 5) is 260. The Morgan fingerprint density at radius 1 is 0.650 bits per heavy atom. The van der Waals surface area contributed by atoms with Crippen molar-refractivity contribution in [2.75, 3.05) is 31.1 Å². The van der Waals surface area contributed by atoms with Gasteiger partial charge in [0, 0.05) is 155 Å². The van der Waals surface area contributed by atoms with Gasteiger partial charge in [-0.25, -0.2) is 9.59 Å². The SMILES string of the molecule is CCCCCC(=O)CCC(=O)N[C@H]1CSSC[C@@H]2NC(=O)[C@H](CCCNC(N)=O)CC(=O)[C@@H]3CCCN3C(=O)[C@H](CC(=O)O)CC(=O)[C@H]([C@@H](C)O)NC(=O)[C@H](CCn3cc(nn3)CC[C@@H](C(=O)C[C@@H](Cc3ccc(O)cc3)C(=O)O)NC(=O)[C@H](CCC(N)=O)CC(=O)[C@H](Cc3c[nH]c4ccccc34)NC(=O)[C@H](CCCNC(N)=O)CC2=O)CC1=O. The molecule has 39 heteroatoms. The number of aromatic hydroxyl groups is 1. The van der Waals surface area contributed by atoms with E-state index < -0.39 is 241 Å². The maximum atomic E-state index is 15.6. The van der Waals surface area contributed by atoms with E-state index in [0.29, 0.717) is 28.5 Å². The molecule has 3 aliphatic rings. The zero-order chi connectivity index (χ0) is 87.7. The summed E-state index contributed by atoms with van der Waals surface area (Å²) in [6, 6.07) is 1.13. The summed E-state index contributed by atoms with van der Waals surface area (Å²) in [7, 11) is 1.81. The lowest BCUT2D eigenvalue weighted by molar-refractivity contribution is -0.148. The Hall–Kier alpha value is -11.0. The van der Waals surface area contributed by atoms with Crippen LogP contribution in [0.5, 0.6) is 5.75 Å². The minimum atomic E-state index is -1.89. The van der Waals surface area contributed by atoms with Gasteiger partial charge >= 0.3 is 24.0 Å². The number of aryl methyl sites for hydroxylation is 2. The first-order chi connectivity index (χ1) is 57.2. The summed E-state index contributed by atoms with van der Waals surface area (Å²) in [5.74, 6) is -24.7. The van der Waals surface area contributed by atoms with Gasteiger partial charge in [-0.05, 0) is 113 Å². The van der Waals surface area contributed by atoms with Crippen molar-refractivity contribution in [3.8, 4) is 5.75 Å².